The third kappa shape index (κ3) is 5.94. The highest BCUT2D eigenvalue weighted by atomic mass is 32.2. The standard InChI is InChI=1S/C14H25NO2S/c1-3-8-15-14(2,12-16)7-5-10-18-11-13-6-4-9-17-13/h4,6,9,15-16H,3,5,7-8,10-12H2,1-2H3. The van der Waals surface area contributed by atoms with Crippen LogP contribution in [0.2, 0.25) is 0 Å². The van der Waals surface area contributed by atoms with Crippen molar-refractivity contribution >= 4 is 11.8 Å². The molecule has 1 aromatic heterocycles. The van der Waals surface area contributed by atoms with Crippen molar-refractivity contribution in [1.29, 1.82) is 0 Å². The Bertz CT molecular complexity index is 303. The molecule has 2 N–H and O–H groups in total. The van der Waals surface area contributed by atoms with Gasteiger partial charge in [-0.05, 0) is 50.6 Å². The highest BCUT2D eigenvalue weighted by Gasteiger charge is 2.21. The van der Waals surface area contributed by atoms with Crippen LogP contribution >= 0.6 is 11.8 Å². The molecule has 0 fully saturated rings. The predicted molar refractivity (Wildman–Crippen MR) is 77.9 cm³/mol. The minimum atomic E-state index is -0.124. The van der Waals surface area contributed by atoms with Crippen LogP contribution in [0.5, 0.6) is 0 Å². The molecule has 1 aromatic rings. The number of hydrogen-bond acceptors (Lipinski definition) is 4. The van der Waals surface area contributed by atoms with E-state index in [1.165, 1.54) is 0 Å². The van der Waals surface area contributed by atoms with Gasteiger partial charge in [0.2, 0.25) is 0 Å². The Morgan fingerprint density at radius 3 is 2.94 bits per heavy atom. The summed E-state index contributed by atoms with van der Waals surface area (Å²) in [6.07, 6.45) is 4.93. The molecule has 0 amide bonds. The van der Waals surface area contributed by atoms with Crippen molar-refractivity contribution in [3.63, 3.8) is 0 Å². The monoisotopic (exact) mass is 271 g/mol. The summed E-state index contributed by atoms with van der Waals surface area (Å²) in [7, 11) is 0. The van der Waals surface area contributed by atoms with E-state index < -0.39 is 0 Å². The molecule has 1 unspecified atom stereocenters. The first-order valence-electron chi connectivity index (χ1n) is 6.66. The Morgan fingerprint density at radius 2 is 2.33 bits per heavy atom. The average Bonchev–Trinajstić information content (AvgIpc) is 2.89. The molecule has 0 aromatic carbocycles. The number of aliphatic hydroxyl groups is 1. The Morgan fingerprint density at radius 1 is 1.50 bits per heavy atom. The number of nitrogens with one attached hydrogen (secondary N) is 1. The zero-order valence-corrected chi connectivity index (χ0v) is 12.3. The molecule has 1 rings (SSSR count). The summed E-state index contributed by atoms with van der Waals surface area (Å²) in [6.45, 7) is 5.41. The minimum Gasteiger partial charge on any atom is -0.468 e. The van der Waals surface area contributed by atoms with Crippen LogP contribution in [0.15, 0.2) is 22.8 Å². The van der Waals surface area contributed by atoms with E-state index in [0.717, 1.165) is 43.1 Å². The summed E-state index contributed by atoms with van der Waals surface area (Å²) < 4.78 is 5.28. The maximum Gasteiger partial charge on any atom is 0.113 e. The molecule has 0 aliphatic heterocycles. The van der Waals surface area contributed by atoms with Crippen molar-refractivity contribution < 1.29 is 9.52 Å². The molecule has 104 valence electrons. The Kier molecular flexibility index (Phi) is 7.47. The second-order valence-corrected chi connectivity index (χ2v) is 5.99. The highest BCUT2D eigenvalue weighted by Crippen LogP contribution is 2.18. The lowest BCUT2D eigenvalue weighted by molar-refractivity contribution is 0.165. The Labute approximate surface area is 114 Å². The van der Waals surface area contributed by atoms with Gasteiger partial charge >= 0.3 is 0 Å². The normalized spacial score (nSPS) is 14.6. The zero-order chi connectivity index (χ0) is 13.3. The van der Waals surface area contributed by atoms with E-state index in [1.54, 1.807) is 6.26 Å². The highest BCUT2D eigenvalue weighted by molar-refractivity contribution is 7.98. The van der Waals surface area contributed by atoms with Gasteiger partial charge in [0.1, 0.15) is 5.76 Å². The second-order valence-electron chi connectivity index (χ2n) is 4.88. The fraction of sp³-hybridized carbons (Fsp3) is 0.714. The van der Waals surface area contributed by atoms with Crippen LogP contribution in [0.25, 0.3) is 0 Å². The van der Waals surface area contributed by atoms with Gasteiger partial charge in [0.25, 0.3) is 0 Å². The molecule has 0 aliphatic rings. The molecular formula is C14H25NO2S. The van der Waals surface area contributed by atoms with Gasteiger partial charge in [-0.25, -0.2) is 0 Å². The second kappa shape index (κ2) is 8.62. The molecule has 1 heterocycles. The molecule has 4 heteroatoms. The SMILES string of the molecule is CCCNC(C)(CO)CCCSCc1ccco1. The third-order valence-electron chi connectivity index (χ3n) is 2.99. The number of hydrogen-bond donors (Lipinski definition) is 2. The van der Waals surface area contributed by atoms with E-state index in [-0.39, 0.29) is 12.1 Å². The van der Waals surface area contributed by atoms with Gasteiger partial charge in [-0.2, -0.15) is 11.8 Å². The van der Waals surface area contributed by atoms with Gasteiger partial charge < -0.3 is 14.8 Å². The maximum absolute atomic E-state index is 9.43. The van der Waals surface area contributed by atoms with E-state index in [1.807, 2.05) is 23.9 Å². The summed E-state index contributed by atoms with van der Waals surface area (Å²) in [4.78, 5) is 0. The van der Waals surface area contributed by atoms with E-state index in [2.05, 4.69) is 19.2 Å². The van der Waals surface area contributed by atoms with Crippen LogP contribution in [-0.4, -0.2) is 29.5 Å². The molecule has 0 spiro atoms. The van der Waals surface area contributed by atoms with E-state index in [9.17, 15) is 5.11 Å². The van der Waals surface area contributed by atoms with Gasteiger partial charge in [-0.1, -0.05) is 6.92 Å². The molecule has 0 aliphatic carbocycles. The van der Waals surface area contributed by atoms with E-state index in [0.29, 0.717) is 0 Å². The van der Waals surface area contributed by atoms with Crippen LogP contribution in [0.3, 0.4) is 0 Å². The number of aliphatic hydroxyl groups excluding tert-OH is 1. The first-order valence-corrected chi connectivity index (χ1v) is 7.81. The molecule has 1 atom stereocenters. The smallest absolute Gasteiger partial charge is 0.113 e. The topological polar surface area (TPSA) is 45.4 Å². The van der Waals surface area contributed by atoms with Crippen molar-refractivity contribution in [3.05, 3.63) is 24.2 Å². The van der Waals surface area contributed by atoms with Gasteiger partial charge in [0.15, 0.2) is 0 Å². The number of thioether (sulfide) groups is 1. The van der Waals surface area contributed by atoms with Gasteiger partial charge in [0, 0.05) is 5.54 Å². The molecular weight excluding hydrogens is 246 g/mol. The number of rotatable bonds is 10. The van der Waals surface area contributed by atoms with Gasteiger partial charge in [-0.15, -0.1) is 0 Å². The van der Waals surface area contributed by atoms with Gasteiger partial charge in [0.05, 0.1) is 18.6 Å². The van der Waals surface area contributed by atoms with E-state index >= 15 is 0 Å². The summed E-state index contributed by atoms with van der Waals surface area (Å²) in [5.41, 5.74) is -0.124. The van der Waals surface area contributed by atoms with Crippen molar-refractivity contribution in [2.24, 2.45) is 0 Å². The maximum atomic E-state index is 9.43. The van der Waals surface area contributed by atoms with Crippen molar-refractivity contribution in [1.82, 2.24) is 5.32 Å². The first-order chi connectivity index (χ1) is 8.70. The zero-order valence-electron chi connectivity index (χ0n) is 11.4. The van der Waals surface area contributed by atoms with Crippen LogP contribution in [0.1, 0.15) is 38.9 Å². The van der Waals surface area contributed by atoms with Crippen molar-refractivity contribution in [2.45, 2.75) is 44.4 Å². The lowest BCUT2D eigenvalue weighted by atomic mass is 9.97. The fourth-order valence-electron chi connectivity index (χ4n) is 1.78. The molecule has 3 nitrogen and oxygen atoms in total. The first kappa shape index (κ1) is 15.6. The fourth-order valence-corrected chi connectivity index (χ4v) is 2.64. The number of furan rings is 1. The largest absolute Gasteiger partial charge is 0.468 e. The van der Waals surface area contributed by atoms with Gasteiger partial charge in [-0.3, -0.25) is 0 Å². The molecule has 0 radical (unpaired) electrons. The van der Waals surface area contributed by atoms with Crippen LogP contribution < -0.4 is 5.32 Å². The molecule has 18 heavy (non-hydrogen) atoms. The van der Waals surface area contributed by atoms with Crippen LogP contribution in [-0.2, 0) is 5.75 Å². The van der Waals surface area contributed by atoms with Crippen molar-refractivity contribution in [3.8, 4) is 0 Å². The molecule has 0 bridgehead atoms. The third-order valence-corrected chi connectivity index (χ3v) is 4.06. The van der Waals surface area contributed by atoms with Crippen molar-refractivity contribution in [2.75, 3.05) is 18.9 Å². The Hall–Kier alpha value is -0.450. The molecule has 0 saturated heterocycles. The quantitative estimate of drug-likeness (QED) is 0.642. The summed E-state index contributed by atoms with van der Waals surface area (Å²) in [5.74, 6) is 3.07. The average molecular weight is 271 g/mol. The lowest BCUT2D eigenvalue weighted by Crippen LogP contribution is -2.46. The van der Waals surface area contributed by atoms with E-state index in [4.69, 9.17) is 4.42 Å². The predicted octanol–water partition coefficient (Wildman–Crippen LogP) is 3.04. The summed E-state index contributed by atoms with van der Waals surface area (Å²) >= 11 is 1.88. The lowest BCUT2D eigenvalue weighted by Gasteiger charge is -2.28. The summed E-state index contributed by atoms with van der Waals surface area (Å²) in [6, 6.07) is 3.93. The van der Waals surface area contributed by atoms with Crippen LogP contribution in [0.4, 0.5) is 0 Å². The summed E-state index contributed by atoms with van der Waals surface area (Å²) in [5, 5.41) is 12.9. The molecule has 0 saturated carbocycles. The Balaban J connectivity index is 2.11. The van der Waals surface area contributed by atoms with Crippen LogP contribution in [0, 0.1) is 0 Å². The minimum absolute atomic E-state index is 0.124.